The number of aliphatic hydroxyl groups is 3. The van der Waals surface area contributed by atoms with Crippen LogP contribution in [0.5, 0.6) is 0 Å². The fourth-order valence-corrected chi connectivity index (χ4v) is 4.22. The molecule has 13 heteroatoms. The molecule has 13 nitrogen and oxygen atoms in total. The number of guanidine groups is 1. The van der Waals surface area contributed by atoms with Crippen LogP contribution in [0.2, 0.25) is 0 Å². The Morgan fingerprint density at radius 2 is 2.12 bits per heavy atom. The standard InChI is InChI=1S/C19H34N6O7/c1-2-3-4-5-6-21-13-14(28)15(32-18(20)30)10(8-26)31-17(13)25-19-23-11-9(27)7-22-16(29)12(11)24-19/h9-15,17,21,26-28H,2-8H2,1H3,(H2,20,30)(H,22,29)(H2,23,24,25)/t9?,10-,11?,12?,13-,14+,15+,17?/m1/s1. The molecule has 4 unspecified atom stereocenters. The van der Waals surface area contributed by atoms with E-state index in [1.165, 1.54) is 0 Å². The number of aliphatic hydroxyl groups excluding tert-OH is 3. The van der Waals surface area contributed by atoms with E-state index in [0.29, 0.717) is 6.54 Å². The quantitative estimate of drug-likeness (QED) is 0.163. The number of fused-ring (bicyclic) bond motifs is 1. The molecule has 0 aliphatic carbocycles. The maximum absolute atomic E-state index is 12.1. The molecule has 3 aliphatic rings. The zero-order valence-electron chi connectivity index (χ0n) is 18.1. The van der Waals surface area contributed by atoms with Gasteiger partial charge in [-0.3, -0.25) is 4.79 Å². The molecule has 3 aliphatic heterocycles. The third-order valence-corrected chi connectivity index (χ3v) is 5.92. The molecule has 3 heterocycles. The number of carbonyl (C=O) groups excluding carboxylic acids is 2. The lowest BCUT2D eigenvalue weighted by Gasteiger charge is -2.44. The summed E-state index contributed by atoms with van der Waals surface area (Å²) in [5.74, 6) is -0.0833. The minimum Gasteiger partial charge on any atom is -0.441 e. The fourth-order valence-electron chi connectivity index (χ4n) is 4.22. The Hall–Kier alpha value is -2.19. The van der Waals surface area contributed by atoms with Crippen molar-refractivity contribution in [2.24, 2.45) is 10.7 Å². The molecule has 0 saturated carbocycles. The van der Waals surface area contributed by atoms with Crippen molar-refractivity contribution >= 4 is 18.0 Å². The minimum absolute atomic E-state index is 0.120. The number of ether oxygens (including phenoxy) is 2. The number of hydrogen-bond acceptors (Lipinski definition) is 11. The van der Waals surface area contributed by atoms with Crippen LogP contribution in [0, 0.1) is 0 Å². The van der Waals surface area contributed by atoms with E-state index < -0.39 is 61.5 Å². The van der Waals surface area contributed by atoms with Crippen LogP contribution in [0.3, 0.4) is 0 Å². The monoisotopic (exact) mass is 458 g/mol. The van der Waals surface area contributed by atoms with Gasteiger partial charge in [0.1, 0.15) is 18.4 Å². The van der Waals surface area contributed by atoms with Gasteiger partial charge in [0.25, 0.3) is 0 Å². The lowest BCUT2D eigenvalue weighted by molar-refractivity contribution is -0.197. The SMILES string of the molecule is CCCCCCN[C@H]1C(NC2=NC3C(=O)NCC(O)C3N2)O[C@H](CO)[C@H](OC(N)=O)[C@H]1O. The Labute approximate surface area is 186 Å². The van der Waals surface area contributed by atoms with Gasteiger partial charge in [-0.05, 0) is 13.0 Å². The molecule has 32 heavy (non-hydrogen) atoms. The van der Waals surface area contributed by atoms with Gasteiger partial charge in [0.2, 0.25) is 5.91 Å². The molecule has 0 aromatic heterocycles. The number of hydrogen-bond donors (Lipinski definition) is 8. The van der Waals surface area contributed by atoms with Crippen molar-refractivity contribution < 1.29 is 34.4 Å². The van der Waals surface area contributed by atoms with E-state index >= 15 is 0 Å². The first-order chi connectivity index (χ1) is 15.3. The second-order valence-electron chi connectivity index (χ2n) is 8.26. The molecule has 0 bridgehead atoms. The molecule has 0 aromatic carbocycles. The summed E-state index contributed by atoms with van der Waals surface area (Å²) in [6.07, 6.45) is -2.19. The number of aliphatic imine (C=N–C) groups is 1. The van der Waals surface area contributed by atoms with E-state index in [9.17, 15) is 24.9 Å². The van der Waals surface area contributed by atoms with E-state index in [-0.39, 0.29) is 18.4 Å². The van der Waals surface area contributed by atoms with Crippen molar-refractivity contribution in [3.63, 3.8) is 0 Å². The maximum Gasteiger partial charge on any atom is 0.404 e. The summed E-state index contributed by atoms with van der Waals surface area (Å²) in [6, 6.07) is -2.12. The van der Waals surface area contributed by atoms with Gasteiger partial charge in [0, 0.05) is 6.54 Å². The third-order valence-electron chi connectivity index (χ3n) is 5.92. The Bertz CT molecular complexity index is 695. The van der Waals surface area contributed by atoms with Crippen molar-refractivity contribution in [1.82, 2.24) is 21.3 Å². The van der Waals surface area contributed by atoms with Gasteiger partial charge < -0.3 is 51.8 Å². The molecule has 2 fully saturated rings. The van der Waals surface area contributed by atoms with Crippen LogP contribution in [0.4, 0.5) is 4.79 Å². The lowest BCUT2D eigenvalue weighted by atomic mass is 9.95. The van der Waals surface area contributed by atoms with Crippen molar-refractivity contribution in [1.29, 1.82) is 0 Å². The van der Waals surface area contributed by atoms with Gasteiger partial charge in [0.05, 0.1) is 24.8 Å². The molecule has 9 N–H and O–H groups in total. The predicted molar refractivity (Wildman–Crippen MR) is 112 cm³/mol. The van der Waals surface area contributed by atoms with E-state index in [4.69, 9.17) is 15.2 Å². The van der Waals surface area contributed by atoms with Gasteiger partial charge in [0.15, 0.2) is 18.1 Å². The summed E-state index contributed by atoms with van der Waals surface area (Å²) in [5, 5.41) is 42.6. The van der Waals surface area contributed by atoms with Crippen LogP contribution in [0.25, 0.3) is 0 Å². The first-order valence-electron chi connectivity index (χ1n) is 11.1. The normalized spacial score (nSPS) is 36.5. The Morgan fingerprint density at radius 3 is 2.78 bits per heavy atom. The van der Waals surface area contributed by atoms with Gasteiger partial charge >= 0.3 is 6.09 Å². The Kier molecular flexibility index (Phi) is 8.48. The van der Waals surface area contributed by atoms with Crippen LogP contribution in [0.15, 0.2) is 4.99 Å². The maximum atomic E-state index is 12.1. The molecule has 0 radical (unpaired) electrons. The minimum atomic E-state index is -1.24. The highest BCUT2D eigenvalue weighted by Crippen LogP contribution is 2.24. The van der Waals surface area contributed by atoms with Crippen molar-refractivity contribution in [2.45, 2.75) is 81.4 Å². The molecule has 0 aromatic rings. The summed E-state index contributed by atoms with van der Waals surface area (Å²) >= 11 is 0. The highest BCUT2D eigenvalue weighted by atomic mass is 16.6. The molecule has 2 saturated heterocycles. The zero-order valence-corrected chi connectivity index (χ0v) is 18.1. The second kappa shape index (κ2) is 11.1. The third kappa shape index (κ3) is 5.59. The zero-order chi connectivity index (χ0) is 23.3. The molecular formula is C19H34N6O7. The summed E-state index contributed by atoms with van der Waals surface area (Å²) in [7, 11) is 0. The van der Waals surface area contributed by atoms with Crippen molar-refractivity contribution in [2.75, 3.05) is 19.7 Å². The molecule has 0 spiro atoms. The van der Waals surface area contributed by atoms with E-state index in [0.717, 1.165) is 25.7 Å². The smallest absolute Gasteiger partial charge is 0.404 e. The number of nitrogens with two attached hydrogens (primary N) is 1. The number of primary amides is 1. The largest absolute Gasteiger partial charge is 0.441 e. The summed E-state index contributed by atoms with van der Waals surface area (Å²) in [6.45, 7) is 2.28. The summed E-state index contributed by atoms with van der Waals surface area (Å²) in [5.41, 5.74) is 5.13. The van der Waals surface area contributed by atoms with Gasteiger partial charge in [-0.15, -0.1) is 0 Å². The van der Waals surface area contributed by atoms with Crippen molar-refractivity contribution in [3.8, 4) is 0 Å². The highest BCUT2D eigenvalue weighted by Gasteiger charge is 2.48. The van der Waals surface area contributed by atoms with Crippen LogP contribution in [0.1, 0.15) is 32.6 Å². The number of amides is 2. The second-order valence-corrected chi connectivity index (χ2v) is 8.26. The van der Waals surface area contributed by atoms with E-state index in [1.807, 2.05) is 0 Å². The summed E-state index contributed by atoms with van der Waals surface area (Å²) < 4.78 is 10.9. The Morgan fingerprint density at radius 1 is 1.34 bits per heavy atom. The number of carbonyl (C=O) groups is 2. The average Bonchev–Trinajstić information content (AvgIpc) is 3.19. The topological polar surface area (TPSA) is 200 Å². The summed E-state index contributed by atoms with van der Waals surface area (Å²) in [4.78, 5) is 27.7. The number of nitrogens with zero attached hydrogens (tertiary/aromatic N) is 1. The highest BCUT2D eigenvalue weighted by molar-refractivity contribution is 5.92. The molecule has 3 rings (SSSR count). The molecular weight excluding hydrogens is 424 g/mol. The first kappa shape index (κ1) is 24.5. The number of piperidine rings is 1. The molecule has 2 amide bonds. The average molecular weight is 459 g/mol. The van der Waals surface area contributed by atoms with Gasteiger partial charge in [-0.2, -0.15) is 0 Å². The van der Waals surface area contributed by atoms with Crippen LogP contribution in [-0.2, 0) is 14.3 Å². The number of rotatable bonds is 9. The first-order valence-corrected chi connectivity index (χ1v) is 11.1. The number of unbranched alkanes of at least 4 members (excludes halogenated alkanes) is 3. The number of β-amino-alcohol motifs (C(OH)–C–C–N with tert-alkyl or cyclic N) is 1. The number of nitrogens with one attached hydrogen (secondary N) is 4. The van der Waals surface area contributed by atoms with E-state index in [2.05, 4.69) is 33.2 Å². The van der Waals surface area contributed by atoms with E-state index in [1.54, 1.807) is 0 Å². The van der Waals surface area contributed by atoms with Crippen molar-refractivity contribution in [3.05, 3.63) is 0 Å². The van der Waals surface area contributed by atoms with Crippen LogP contribution >= 0.6 is 0 Å². The van der Waals surface area contributed by atoms with Crippen LogP contribution in [-0.4, -0.2) is 102 Å². The van der Waals surface area contributed by atoms with Gasteiger partial charge in [-0.1, -0.05) is 26.2 Å². The Balaban J connectivity index is 1.72. The fraction of sp³-hybridized carbons (Fsp3) is 0.842. The molecule has 182 valence electrons. The van der Waals surface area contributed by atoms with Gasteiger partial charge in [-0.25, -0.2) is 9.79 Å². The van der Waals surface area contributed by atoms with Crippen LogP contribution < -0.4 is 27.0 Å². The predicted octanol–water partition coefficient (Wildman–Crippen LogP) is -3.16. The molecule has 8 atom stereocenters. The lowest BCUT2D eigenvalue weighted by Crippen LogP contribution is -2.69.